The molecule has 8 nitrogen and oxygen atoms in total. The summed E-state index contributed by atoms with van der Waals surface area (Å²) in [6.07, 6.45) is 1.59. The number of rotatable bonds is 6. The van der Waals surface area contributed by atoms with Crippen LogP contribution in [-0.2, 0) is 19.6 Å². The van der Waals surface area contributed by atoms with Crippen LogP contribution in [0.4, 0.5) is 0 Å². The number of carbonyl (C=O) groups is 2. The van der Waals surface area contributed by atoms with Gasteiger partial charge < -0.3 is 19.3 Å². The Morgan fingerprint density at radius 2 is 2.11 bits per heavy atom. The van der Waals surface area contributed by atoms with Crippen molar-refractivity contribution in [3.8, 4) is 5.75 Å². The molecule has 0 amide bonds. The number of aliphatic carboxylic acids is 1. The highest BCUT2D eigenvalue weighted by Crippen LogP contribution is 2.30. The summed E-state index contributed by atoms with van der Waals surface area (Å²) in [4.78, 5) is 22.3. The van der Waals surface area contributed by atoms with E-state index in [2.05, 4.69) is 5.32 Å². The number of halogens is 1. The maximum Gasteiger partial charge on any atom is 0.348 e. The first-order valence-corrected chi connectivity index (χ1v) is 11.3. The van der Waals surface area contributed by atoms with Crippen molar-refractivity contribution >= 4 is 45.0 Å². The number of piperidine rings is 1. The van der Waals surface area contributed by atoms with E-state index in [1.165, 1.54) is 5.38 Å². The van der Waals surface area contributed by atoms with E-state index in [4.69, 9.17) is 25.6 Å². The summed E-state index contributed by atoms with van der Waals surface area (Å²) in [7, 11) is -3.81. The van der Waals surface area contributed by atoms with Gasteiger partial charge in [-0.05, 0) is 40.2 Å². The first-order valence-electron chi connectivity index (χ1n) is 8.28. The standard InChI is InChI=1S/C10H13ClO5S2.C6H11NO2/c1-6(2)15-10(12)9-7(3)8(4-17-9)16-18(13,14)5-11;8-6(9)5-2-1-3-7-4-5/h4,6H,5H2,1-3H3;5,7H,1-4H2,(H,8,9). The van der Waals surface area contributed by atoms with E-state index in [0.717, 1.165) is 30.7 Å². The van der Waals surface area contributed by atoms with E-state index in [-0.39, 0.29) is 17.8 Å². The second kappa shape index (κ2) is 10.8. The monoisotopic (exact) mass is 441 g/mol. The fourth-order valence-corrected chi connectivity index (χ4v) is 3.73. The molecule has 11 heteroatoms. The van der Waals surface area contributed by atoms with E-state index in [1.54, 1.807) is 20.8 Å². The smallest absolute Gasteiger partial charge is 0.348 e. The first-order chi connectivity index (χ1) is 12.6. The molecule has 0 aliphatic carbocycles. The number of carboxylic acid groups (broad SMARTS) is 1. The highest BCUT2D eigenvalue weighted by Gasteiger charge is 2.21. The molecule has 0 radical (unpaired) electrons. The molecule has 0 spiro atoms. The molecule has 27 heavy (non-hydrogen) atoms. The van der Waals surface area contributed by atoms with E-state index >= 15 is 0 Å². The molecule has 1 fully saturated rings. The van der Waals surface area contributed by atoms with Crippen LogP contribution in [0.25, 0.3) is 0 Å². The Morgan fingerprint density at radius 3 is 2.56 bits per heavy atom. The van der Waals surface area contributed by atoms with E-state index < -0.39 is 27.3 Å². The zero-order chi connectivity index (χ0) is 20.6. The number of alkyl halides is 1. The molecular formula is C16H24ClNO7S2. The van der Waals surface area contributed by atoms with Gasteiger partial charge in [0.05, 0.1) is 12.0 Å². The number of hydrogen-bond donors (Lipinski definition) is 2. The molecule has 1 aliphatic heterocycles. The Labute approximate surface area is 167 Å². The first kappa shape index (κ1) is 23.7. The van der Waals surface area contributed by atoms with Gasteiger partial charge in [0.15, 0.2) is 11.0 Å². The van der Waals surface area contributed by atoms with E-state index in [9.17, 15) is 18.0 Å². The SMILES string of the molecule is Cc1c(OS(=O)(=O)CCl)csc1C(=O)OC(C)C.O=C(O)C1CCCNC1. The fraction of sp³-hybridized carbons (Fsp3) is 0.625. The van der Waals surface area contributed by atoms with Gasteiger partial charge in [-0.3, -0.25) is 4.79 Å². The number of thiophene rings is 1. The topological polar surface area (TPSA) is 119 Å². The van der Waals surface area contributed by atoms with Crippen molar-refractivity contribution in [3.63, 3.8) is 0 Å². The van der Waals surface area contributed by atoms with Crippen molar-refractivity contribution in [2.45, 2.75) is 39.7 Å². The third-order valence-corrected chi connectivity index (χ3v) is 6.06. The van der Waals surface area contributed by atoms with Gasteiger partial charge in [0.2, 0.25) is 0 Å². The summed E-state index contributed by atoms with van der Waals surface area (Å²) in [6.45, 7) is 6.68. The minimum Gasteiger partial charge on any atom is -0.481 e. The third kappa shape index (κ3) is 8.04. The highest BCUT2D eigenvalue weighted by molar-refractivity contribution is 7.88. The summed E-state index contributed by atoms with van der Waals surface area (Å²) >= 11 is 6.30. The zero-order valence-electron chi connectivity index (χ0n) is 15.4. The van der Waals surface area contributed by atoms with Crippen molar-refractivity contribution < 1.29 is 32.0 Å². The number of carboxylic acids is 1. The molecule has 1 aromatic rings. The minimum absolute atomic E-state index is 0.108. The molecule has 0 bridgehead atoms. The third-order valence-electron chi connectivity index (χ3n) is 3.52. The Hall–Kier alpha value is -1.36. The number of ether oxygens (including phenoxy) is 1. The maximum absolute atomic E-state index is 11.7. The molecule has 0 aromatic carbocycles. The van der Waals surface area contributed by atoms with Gasteiger partial charge in [-0.25, -0.2) is 4.79 Å². The van der Waals surface area contributed by atoms with Crippen LogP contribution in [0.1, 0.15) is 41.9 Å². The van der Waals surface area contributed by atoms with E-state index in [1.807, 2.05) is 0 Å². The predicted octanol–water partition coefficient (Wildman–Crippen LogP) is 2.60. The molecule has 1 aromatic heterocycles. The Kier molecular flexibility index (Phi) is 9.51. The molecule has 1 saturated heterocycles. The van der Waals surface area contributed by atoms with Crippen molar-refractivity contribution in [2.75, 3.05) is 18.3 Å². The minimum atomic E-state index is -3.81. The Balaban J connectivity index is 0.000000337. The largest absolute Gasteiger partial charge is 0.481 e. The van der Waals surface area contributed by atoms with Crippen LogP contribution >= 0.6 is 22.9 Å². The zero-order valence-corrected chi connectivity index (χ0v) is 17.7. The van der Waals surface area contributed by atoms with Gasteiger partial charge in [0.1, 0.15) is 4.88 Å². The Morgan fingerprint density at radius 1 is 1.44 bits per heavy atom. The van der Waals surface area contributed by atoms with Crippen molar-refractivity contribution in [3.05, 3.63) is 15.8 Å². The summed E-state index contributed by atoms with van der Waals surface area (Å²) in [5.74, 6) is -1.19. The summed E-state index contributed by atoms with van der Waals surface area (Å²) in [5, 5.41) is 12.3. The van der Waals surface area contributed by atoms with Crippen molar-refractivity contribution in [1.29, 1.82) is 0 Å². The van der Waals surface area contributed by atoms with Gasteiger partial charge in [0, 0.05) is 17.5 Å². The van der Waals surface area contributed by atoms with Crippen LogP contribution in [-0.4, -0.2) is 49.9 Å². The second-order valence-electron chi connectivity index (χ2n) is 6.14. The lowest BCUT2D eigenvalue weighted by atomic mass is 10.0. The number of esters is 1. The molecule has 1 atom stereocenters. The molecule has 0 saturated carbocycles. The number of nitrogens with one attached hydrogen (secondary N) is 1. The van der Waals surface area contributed by atoms with Gasteiger partial charge in [0.25, 0.3) is 0 Å². The Bertz CT molecular complexity index is 740. The molecule has 1 aliphatic rings. The van der Waals surface area contributed by atoms with Gasteiger partial charge >= 0.3 is 22.1 Å². The average Bonchev–Trinajstić information content (AvgIpc) is 2.96. The highest BCUT2D eigenvalue weighted by atomic mass is 35.5. The summed E-state index contributed by atoms with van der Waals surface area (Å²) in [5.41, 5.74) is 0.430. The van der Waals surface area contributed by atoms with Gasteiger partial charge in [-0.15, -0.1) is 22.9 Å². The molecule has 1 unspecified atom stereocenters. The van der Waals surface area contributed by atoms with Crippen LogP contribution in [0.2, 0.25) is 0 Å². The van der Waals surface area contributed by atoms with Crippen LogP contribution in [0.3, 0.4) is 0 Å². The van der Waals surface area contributed by atoms with Gasteiger partial charge in [-0.1, -0.05) is 0 Å². The number of carbonyl (C=O) groups excluding carboxylic acids is 1. The van der Waals surface area contributed by atoms with Gasteiger partial charge in [-0.2, -0.15) is 8.42 Å². The maximum atomic E-state index is 11.7. The fourth-order valence-electron chi connectivity index (χ4n) is 2.17. The average molecular weight is 442 g/mol. The normalized spacial score (nSPS) is 17.0. The molecule has 154 valence electrons. The second-order valence-corrected chi connectivity index (χ2v) is 9.17. The molecule has 2 heterocycles. The predicted molar refractivity (Wildman–Crippen MR) is 103 cm³/mol. The summed E-state index contributed by atoms with van der Waals surface area (Å²) < 4.78 is 32.2. The molecule has 2 rings (SSSR count). The summed E-state index contributed by atoms with van der Waals surface area (Å²) in [6, 6.07) is 0. The van der Waals surface area contributed by atoms with Crippen LogP contribution in [0.15, 0.2) is 5.38 Å². The van der Waals surface area contributed by atoms with Crippen LogP contribution in [0.5, 0.6) is 5.75 Å². The number of hydrogen-bond acceptors (Lipinski definition) is 8. The lowest BCUT2D eigenvalue weighted by Gasteiger charge is -2.18. The molecular weight excluding hydrogens is 418 g/mol. The van der Waals surface area contributed by atoms with Crippen molar-refractivity contribution in [1.82, 2.24) is 5.32 Å². The lowest BCUT2D eigenvalue weighted by molar-refractivity contribution is -0.142. The van der Waals surface area contributed by atoms with Crippen molar-refractivity contribution in [2.24, 2.45) is 5.92 Å². The quantitative estimate of drug-likeness (QED) is 0.392. The van der Waals surface area contributed by atoms with Crippen LogP contribution < -0.4 is 9.50 Å². The van der Waals surface area contributed by atoms with Crippen LogP contribution in [0, 0.1) is 12.8 Å². The van der Waals surface area contributed by atoms with E-state index in [0.29, 0.717) is 17.0 Å². The molecule has 2 N–H and O–H groups in total. The lowest BCUT2D eigenvalue weighted by Crippen LogP contribution is -2.34.